The SMILES string of the molecule is CC.COc1c(Nc2cc(N)nnc2C(C)=O)cccc1-c1cc(P(C)C)n(C)n1. The number of nitrogen functional groups attached to an aromatic ring is 1. The zero-order chi connectivity index (χ0) is 22.4. The van der Waals surface area contributed by atoms with Gasteiger partial charge in [-0.05, 0) is 31.5 Å². The highest BCUT2D eigenvalue weighted by Gasteiger charge is 2.18. The van der Waals surface area contributed by atoms with Crippen LogP contribution in [0.15, 0.2) is 30.3 Å². The monoisotopic (exact) mass is 428 g/mol. The maximum absolute atomic E-state index is 11.9. The third kappa shape index (κ3) is 4.94. The first-order chi connectivity index (χ1) is 14.3. The number of ether oxygens (including phenoxy) is 1. The molecule has 0 radical (unpaired) electrons. The molecule has 9 heteroatoms. The molecule has 0 aliphatic carbocycles. The van der Waals surface area contributed by atoms with Crippen LogP contribution in [0.25, 0.3) is 11.3 Å². The van der Waals surface area contributed by atoms with Crippen molar-refractivity contribution in [2.45, 2.75) is 20.8 Å². The summed E-state index contributed by atoms with van der Waals surface area (Å²) in [5, 5.41) is 15.5. The quantitative estimate of drug-likeness (QED) is 0.454. The first-order valence-electron chi connectivity index (χ1n) is 9.61. The second-order valence-corrected chi connectivity index (χ2v) is 8.75. The molecule has 3 N–H and O–H groups in total. The molecule has 160 valence electrons. The van der Waals surface area contributed by atoms with E-state index < -0.39 is 0 Å². The molecule has 0 spiro atoms. The molecule has 2 heterocycles. The van der Waals surface area contributed by atoms with Crippen LogP contribution in [0.4, 0.5) is 17.2 Å². The molecule has 1 aromatic carbocycles. The lowest BCUT2D eigenvalue weighted by Crippen LogP contribution is -2.10. The molecule has 0 fully saturated rings. The van der Waals surface area contributed by atoms with E-state index in [0.29, 0.717) is 17.1 Å². The van der Waals surface area contributed by atoms with Crippen LogP contribution in [-0.4, -0.2) is 46.2 Å². The van der Waals surface area contributed by atoms with Gasteiger partial charge in [0.25, 0.3) is 0 Å². The molecule has 2 aromatic heterocycles. The predicted octanol–water partition coefficient (Wildman–Crippen LogP) is 3.81. The van der Waals surface area contributed by atoms with Gasteiger partial charge in [0.15, 0.2) is 17.2 Å². The molecule has 0 bridgehead atoms. The fourth-order valence-corrected chi connectivity index (χ4v) is 3.98. The maximum Gasteiger partial charge on any atom is 0.182 e. The minimum atomic E-state index is -0.285. The topological polar surface area (TPSA) is 108 Å². The largest absolute Gasteiger partial charge is 0.494 e. The summed E-state index contributed by atoms with van der Waals surface area (Å²) in [4.78, 5) is 11.9. The molecule has 0 amide bonds. The number of ketones is 1. The third-order valence-electron chi connectivity index (χ3n) is 4.22. The van der Waals surface area contributed by atoms with Gasteiger partial charge in [0.05, 0.1) is 29.6 Å². The van der Waals surface area contributed by atoms with Crippen molar-refractivity contribution in [3.8, 4) is 17.0 Å². The Bertz CT molecular complexity index is 1030. The second-order valence-electron chi connectivity index (χ2n) is 6.50. The standard InChI is InChI=1S/C19H23N6O2P.C2H6/c1-11(26)18-15(9-16(20)22-23-18)21-13-8-6-7-12(19(13)27-3)14-10-17(28(4)5)25(2)24-14;1-2/h6-10H,1-5H3,(H3,20,21,22);1-2H3. The fraction of sp³-hybridized carbons (Fsp3) is 0.333. The van der Waals surface area contributed by atoms with E-state index in [-0.39, 0.29) is 25.2 Å². The van der Waals surface area contributed by atoms with Crippen LogP contribution in [-0.2, 0) is 7.05 Å². The first-order valence-corrected chi connectivity index (χ1v) is 11.8. The number of carbonyl (C=O) groups excluding carboxylic acids is 1. The molecule has 30 heavy (non-hydrogen) atoms. The number of rotatable bonds is 6. The Balaban J connectivity index is 0.00000155. The molecule has 0 saturated heterocycles. The zero-order valence-electron chi connectivity index (χ0n) is 18.5. The van der Waals surface area contributed by atoms with E-state index in [2.05, 4.69) is 40.0 Å². The van der Waals surface area contributed by atoms with Crippen molar-refractivity contribution in [2.24, 2.45) is 7.05 Å². The van der Waals surface area contributed by atoms with Gasteiger partial charge in [0, 0.05) is 25.6 Å². The lowest BCUT2D eigenvalue weighted by atomic mass is 10.1. The van der Waals surface area contributed by atoms with Crippen molar-refractivity contribution < 1.29 is 9.53 Å². The van der Waals surface area contributed by atoms with Gasteiger partial charge in [-0.3, -0.25) is 9.48 Å². The molecule has 0 unspecified atom stereocenters. The summed E-state index contributed by atoms with van der Waals surface area (Å²) in [6.07, 6.45) is 0. The minimum Gasteiger partial charge on any atom is -0.494 e. The van der Waals surface area contributed by atoms with Gasteiger partial charge >= 0.3 is 0 Å². The van der Waals surface area contributed by atoms with E-state index >= 15 is 0 Å². The summed E-state index contributed by atoms with van der Waals surface area (Å²) in [7, 11) is 3.26. The summed E-state index contributed by atoms with van der Waals surface area (Å²) >= 11 is 0. The number of nitrogens with one attached hydrogen (secondary N) is 1. The molecular weight excluding hydrogens is 399 g/mol. The number of nitrogens with two attached hydrogens (primary N) is 1. The third-order valence-corrected chi connectivity index (χ3v) is 5.56. The number of benzene rings is 1. The predicted molar refractivity (Wildman–Crippen MR) is 125 cm³/mol. The highest BCUT2D eigenvalue weighted by Crippen LogP contribution is 2.38. The van der Waals surface area contributed by atoms with Crippen LogP contribution in [0.2, 0.25) is 0 Å². The summed E-state index contributed by atoms with van der Waals surface area (Å²) in [6, 6.07) is 9.38. The second kappa shape index (κ2) is 10.2. The minimum absolute atomic E-state index is 0.210. The number of para-hydroxylation sites is 1. The van der Waals surface area contributed by atoms with Crippen molar-refractivity contribution in [3.05, 3.63) is 36.0 Å². The maximum atomic E-state index is 11.9. The van der Waals surface area contributed by atoms with Crippen molar-refractivity contribution in [1.82, 2.24) is 20.0 Å². The van der Waals surface area contributed by atoms with Crippen LogP contribution in [0, 0.1) is 0 Å². The Morgan fingerprint density at radius 2 is 1.87 bits per heavy atom. The van der Waals surface area contributed by atoms with E-state index in [1.165, 1.54) is 12.4 Å². The smallest absolute Gasteiger partial charge is 0.182 e. The molecule has 8 nitrogen and oxygen atoms in total. The number of aromatic nitrogens is 4. The van der Waals surface area contributed by atoms with Crippen LogP contribution < -0.4 is 21.2 Å². The van der Waals surface area contributed by atoms with Gasteiger partial charge in [0.1, 0.15) is 5.82 Å². The molecule has 3 rings (SSSR count). The first kappa shape index (κ1) is 23.3. The van der Waals surface area contributed by atoms with Crippen molar-refractivity contribution in [1.29, 1.82) is 0 Å². The van der Waals surface area contributed by atoms with E-state index in [9.17, 15) is 4.79 Å². The Morgan fingerprint density at radius 1 is 1.17 bits per heavy atom. The van der Waals surface area contributed by atoms with Gasteiger partial charge in [-0.25, -0.2) is 0 Å². The average molecular weight is 428 g/mol. The van der Waals surface area contributed by atoms with Crippen LogP contribution in [0.3, 0.4) is 0 Å². The number of methoxy groups -OCH3 is 1. The molecule has 0 aliphatic heterocycles. The van der Waals surface area contributed by atoms with E-state index in [0.717, 1.165) is 11.3 Å². The fourth-order valence-electron chi connectivity index (χ4n) is 2.97. The summed E-state index contributed by atoms with van der Waals surface area (Å²) < 4.78 is 7.59. The molecular formula is C21H29N6O2P. The molecule has 0 atom stereocenters. The molecule has 0 aliphatic rings. The normalized spacial score (nSPS) is 10.4. The summed E-state index contributed by atoms with van der Waals surface area (Å²) in [5.41, 5.74) is 9.99. The van der Waals surface area contributed by atoms with Crippen LogP contribution >= 0.6 is 7.92 Å². The zero-order valence-corrected chi connectivity index (χ0v) is 19.4. The Kier molecular flexibility index (Phi) is 7.89. The van der Waals surface area contributed by atoms with Gasteiger partial charge < -0.3 is 15.8 Å². The van der Waals surface area contributed by atoms with Gasteiger partial charge in [0.2, 0.25) is 0 Å². The molecule has 3 aromatic rings. The number of Topliss-reactive ketones (excluding diaryl/α,β-unsaturated/α-hetero) is 1. The lowest BCUT2D eigenvalue weighted by molar-refractivity contribution is 0.101. The summed E-state index contributed by atoms with van der Waals surface area (Å²) in [5.74, 6) is 0.628. The van der Waals surface area contributed by atoms with Crippen molar-refractivity contribution in [2.75, 3.05) is 31.5 Å². The Hall–Kier alpha value is -2.99. The van der Waals surface area contributed by atoms with Crippen LogP contribution in [0.1, 0.15) is 31.3 Å². The number of anilines is 3. The highest BCUT2D eigenvalue weighted by molar-refractivity contribution is 7.63. The number of carbonyl (C=O) groups is 1. The number of nitrogens with zero attached hydrogens (tertiary/aromatic N) is 4. The Morgan fingerprint density at radius 3 is 2.43 bits per heavy atom. The highest BCUT2D eigenvalue weighted by atomic mass is 31.1. The van der Waals surface area contributed by atoms with Gasteiger partial charge in [-0.2, -0.15) is 5.10 Å². The average Bonchev–Trinajstić information content (AvgIpc) is 3.11. The van der Waals surface area contributed by atoms with Gasteiger partial charge in [-0.1, -0.05) is 27.8 Å². The molecule has 0 saturated carbocycles. The van der Waals surface area contributed by atoms with E-state index in [4.69, 9.17) is 10.5 Å². The van der Waals surface area contributed by atoms with Crippen LogP contribution in [0.5, 0.6) is 5.75 Å². The van der Waals surface area contributed by atoms with E-state index in [1.54, 1.807) is 13.2 Å². The number of hydrogen-bond donors (Lipinski definition) is 2. The van der Waals surface area contributed by atoms with Crippen molar-refractivity contribution in [3.63, 3.8) is 0 Å². The van der Waals surface area contributed by atoms with E-state index in [1.807, 2.05) is 43.8 Å². The lowest BCUT2D eigenvalue weighted by Gasteiger charge is -2.15. The number of aryl methyl sites for hydroxylation is 1. The number of hydrogen-bond acceptors (Lipinski definition) is 7. The Labute approximate surface area is 178 Å². The van der Waals surface area contributed by atoms with Gasteiger partial charge in [-0.15, -0.1) is 10.2 Å². The summed E-state index contributed by atoms with van der Waals surface area (Å²) in [6.45, 7) is 9.81. The van der Waals surface area contributed by atoms with Crippen molar-refractivity contribution >= 4 is 36.3 Å².